The number of fused-ring (bicyclic) bond motifs is 1. The monoisotopic (exact) mass is 444 g/mol. The summed E-state index contributed by atoms with van der Waals surface area (Å²) < 4.78 is 5.16. The van der Waals surface area contributed by atoms with Gasteiger partial charge in [0.1, 0.15) is 11.7 Å². The summed E-state index contributed by atoms with van der Waals surface area (Å²) in [4.78, 5) is 46.1. The number of para-hydroxylation sites is 1. The number of imide groups is 1. The topological polar surface area (TPSA) is 96.4 Å². The molecular formula is C25H20N2O6. The van der Waals surface area contributed by atoms with E-state index in [4.69, 9.17) is 9.57 Å². The van der Waals surface area contributed by atoms with Gasteiger partial charge in [-0.3, -0.25) is 14.4 Å². The lowest BCUT2D eigenvalue weighted by molar-refractivity contribution is -0.126. The molecule has 2 fully saturated rings. The van der Waals surface area contributed by atoms with Crippen LogP contribution in [0.2, 0.25) is 0 Å². The fourth-order valence-corrected chi connectivity index (χ4v) is 4.46. The lowest BCUT2D eigenvalue weighted by atomic mass is 9.88. The van der Waals surface area contributed by atoms with Gasteiger partial charge in [0.15, 0.2) is 6.10 Å². The molecule has 0 aromatic heterocycles. The van der Waals surface area contributed by atoms with Crippen LogP contribution in [-0.2, 0) is 14.4 Å². The minimum Gasteiger partial charge on any atom is -0.497 e. The van der Waals surface area contributed by atoms with Gasteiger partial charge in [0.05, 0.1) is 30.1 Å². The highest BCUT2D eigenvalue weighted by Gasteiger charge is 2.60. The van der Waals surface area contributed by atoms with E-state index in [0.29, 0.717) is 22.7 Å². The molecular weight excluding hydrogens is 424 g/mol. The third-order valence-electron chi connectivity index (χ3n) is 5.97. The highest BCUT2D eigenvalue weighted by molar-refractivity contribution is 6.24. The fraction of sp³-hybridized carbons (Fsp3) is 0.160. The lowest BCUT2D eigenvalue weighted by Crippen LogP contribution is -2.37. The number of hydrogen-bond acceptors (Lipinski definition) is 6. The molecule has 5 rings (SSSR count). The molecule has 0 spiro atoms. The Kier molecular flexibility index (Phi) is 5.07. The van der Waals surface area contributed by atoms with Gasteiger partial charge in [0, 0.05) is 0 Å². The fourth-order valence-electron chi connectivity index (χ4n) is 4.46. The Morgan fingerprint density at radius 3 is 2.21 bits per heavy atom. The average molecular weight is 444 g/mol. The molecule has 0 radical (unpaired) electrons. The van der Waals surface area contributed by atoms with E-state index in [2.05, 4.69) is 0 Å². The van der Waals surface area contributed by atoms with Gasteiger partial charge < -0.3 is 9.84 Å². The van der Waals surface area contributed by atoms with Crippen LogP contribution in [0, 0.1) is 5.92 Å². The highest BCUT2D eigenvalue weighted by atomic mass is 16.7. The summed E-state index contributed by atoms with van der Waals surface area (Å²) in [5.74, 6) is -2.38. The van der Waals surface area contributed by atoms with Crippen LogP contribution in [0.25, 0.3) is 0 Å². The number of anilines is 2. The van der Waals surface area contributed by atoms with Crippen molar-refractivity contribution < 1.29 is 29.1 Å². The first-order valence-corrected chi connectivity index (χ1v) is 10.4. The summed E-state index contributed by atoms with van der Waals surface area (Å²) in [6, 6.07) is 21.3. The molecule has 0 saturated carbocycles. The van der Waals surface area contributed by atoms with E-state index in [1.54, 1.807) is 66.7 Å². The van der Waals surface area contributed by atoms with E-state index in [0.717, 1.165) is 4.90 Å². The van der Waals surface area contributed by atoms with Gasteiger partial charge in [-0.05, 0) is 48.0 Å². The summed E-state index contributed by atoms with van der Waals surface area (Å²) in [6.45, 7) is 0. The number of nitrogens with zero attached hydrogens (tertiary/aromatic N) is 2. The van der Waals surface area contributed by atoms with E-state index >= 15 is 0 Å². The van der Waals surface area contributed by atoms with Gasteiger partial charge in [-0.1, -0.05) is 36.4 Å². The molecule has 2 saturated heterocycles. The third kappa shape index (κ3) is 3.32. The molecule has 0 bridgehead atoms. The third-order valence-corrected chi connectivity index (χ3v) is 5.97. The minimum absolute atomic E-state index is 0.0517. The predicted molar refractivity (Wildman–Crippen MR) is 119 cm³/mol. The number of rotatable bonds is 5. The van der Waals surface area contributed by atoms with Crippen LogP contribution in [0.3, 0.4) is 0 Å². The zero-order valence-corrected chi connectivity index (χ0v) is 17.6. The first kappa shape index (κ1) is 20.7. The van der Waals surface area contributed by atoms with Gasteiger partial charge in [0.25, 0.3) is 5.91 Å². The number of benzene rings is 3. The van der Waals surface area contributed by atoms with Gasteiger partial charge in [0.2, 0.25) is 5.91 Å². The molecule has 3 aromatic carbocycles. The maximum absolute atomic E-state index is 13.6. The number of methoxy groups -OCH3 is 1. The van der Waals surface area contributed by atoms with E-state index in [1.165, 1.54) is 18.2 Å². The largest absolute Gasteiger partial charge is 0.497 e. The summed E-state index contributed by atoms with van der Waals surface area (Å²) in [5, 5.41) is 11.3. The highest BCUT2D eigenvalue weighted by Crippen LogP contribution is 2.48. The van der Waals surface area contributed by atoms with Crippen molar-refractivity contribution in [3.63, 3.8) is 0 Å². The SMILES string of the molecule is COc1ccc(N2C(=O)[C@@H]3[C@@H](c4ccccc4C(=O)O)N(c4ccccc4)O[C@H]3C2=O)cc1. The van der Waals surface area contributed by atoms with Crippen molar-refractivity contribution in [2.24, 2.45) is 5.92 Å². The molecule has 8 heteroatoms. The number of carbonyl (C=O) groups excluding carboxylic acids is 2. The van der Waals surface area contributed by atoms with Gasteiger partial charge in [-0.25, -0.2) is 14.8 Å². The number of hydrogen-bond donors (Lipinski definition) is 1. The standard InChI is InChI=1S/C25H20N2O6/c1-32-17-13-11-15(12-14-17)26-23(28)20-21(18-9-5-6-10-19(18)25(30)31)27(33-22(20)24(26)29)16-7-3-2-4-8-16/h2-14,20-22H,1H3,(H,30,31)/t20-,21-,22-/m1/s1. The Balaban J connectivity index is 1.61. The molecule has 2 heterocycles. The van der Waals surface area contributed by atoms with Crippen molar-refractivity contribution in [1.29, 1.82) is 0 Å². The number of hydroxylamine groups is 1. The number of aromatic carboxylic acids is 1. The lowest BCUT2D eigenvalue weighted by Gasteiger charge is -2.29. The Morgan fingerprint density at radius 1 is 0.879 bits per heavy atom. The summed E-state index contributed by atoms with van der Waals surface area (Å²) in [6.07, 6.45) is -1.08. The first-order chi connectivity index (χ1) is 16.0. The second kappa shape index (κ2) is 8.07. The molecule has 0 unspecified atom stereocenters. The number of ether oxygens (including phenoxy) is 1. The molecule has 8 nitrogen and oxygen atoms in total. The van der Waals surface area contributed by atoms with E-state index in [9.17, 15) is 19.5 Å². The molecule has 2 amide bonds. The normalized spacial score (nSPS) is 21.9. The Hall–Kier alpha value is -4.17. The maximum Gasteiger partial charge on any atom is 0.336 e. The quantitative estimate of drug-likeness (QED) is 0.602. The Bertz CT molecular complexity index is 1230. The maximum atomic E-state index is 13.6. The second-order valence-electron chi connectivity index (χ2n) is 7.76. The second-order valence-corrected chi connectivity index (χ2v) is 7.76. The minimum atomic E-state index is -1.12. The van der Waals surface area contributed by atoms with Crippen molar-refractivity contribution in [2.45, 2.75) is 12.1 Å². The van der Waals surface area contributed by atoms with Crippen molar-refractivity contribution in [3.8, 4) is 5.75 Å². The summed E-state index contributed by atoms with van der Waals surface area (Å²) in [7, 11) is 1.53. The van der Waals surface area contributed by atoms with Gasteiger partial charge in [-0.2, -0.15) is 0 Å². The van der Waals surface area contributed by atoms with Crippen LogP contribution in [0.4, 0.5) is 11.4 Å². The molecule has 1 N–H and O–H groups in total. The molecule has 3 atom stereocenters. The predicted octanol–water partition coefficient (Wildman–Crippen LogP) is 3.44. The summed E-state index contributed by atoms with van der Waals surface area (Å²) in [5.41, 5.74) is 1.48. The van der Waals surface area contributed by atoms with Gasteiger partial charge in [-0.15, -0.1) is 0 Å². The van der Waals surface area contributed by atoms with E-state index < -0.39 is 35.8 Å². The van der Waals surface area contributed by atoms with Crippen molar-refractivity contribution in [3.05, 3.63) is 90.0 Å². The van der Waals surface area contributed by atoms with Crippen molar-refractivity contribution >= 4 is 29.2 Å². The molecule has 0 aliphatic carbocycles. The molecule has 166 valence electrons. The van der Waals surface area contributed by atoms with Gasteiger partial charge >= 0.3 is 5.97 Å². The Morgan fingerprint density at radius 2 is 1.55 bits per heavy atom. The van der Waals surface area contributed by atoms with E-state index in [1.807, 2.05) is 6.07 Å². The molecule has 33 heavy (non-hydrogen) atoms. The van der Waals surface area contributed by atoms with Crippen molar-refractivity contribution in [1.82, 2.24) is 0 Å². The number of carboxylic acids is 1. The number of carboxylic acid groups (broad SMARTS) is 1. The zero-order chi connectivity index (χ0) is 23.1. The van der Waals surface area contributed by atoms with Crippen molar-refractivity contribution in [2.75, 3.05) is 17.1 Å². The van der Waals surface area contributed by atoms with E-state index in [-0.39, 0.29) is 5.56 Å². The number of carbonyl (C=O) groups is 3. The zero-order valence-electron chi connectivity index (χ0n) is 17.6. The van der Waals surface area contributed by atoms with Crippen LogP contribution < -0.4 is 14.7 Å². The van der Waals surface area contributed by atoms with Crippen LogP contribution in [0.1, 0.15) is 22.0 Å². The van der Waals surface area contributed by atoms with Crippen LogP contribution in [0.15, 0.2) is 78.9 Å². The molecule has 3 aromatic rings. The Labute approximate surface area is 189 Å². The smallest absolute Gasteiger partial charge is 0.336 e. The first-order valence-electron chi connectivity index (χ1n) is 10.4. The number of amides is 2. The van der Waals surface area contributed by atoms with Crippen LogP contribution in [-0.4, -0.2) is 36.1 Å². The van der Waals surface area contributed by atoms with Crippen LogP contribution >= 0.6 is 0 Å². The summed E-state index contributed by atoms with van der Waals surface area (Å²) >= 11 is 0. The molecule has 2 aliphatic heterocycles. The average Bonchev–Trinajstić information content (AvgIpc) is 3.35. The molecule has 2 aliphatic rings. The van der Waals surface area contributed by atoms with Crippen LogP contribution in [0.5, 0.6) is 5.75 Å².